The molecular formula is C13H18N2O3S2. The molecule has 1 atom stereocenters. The summed E-state index contributed by atoms with van der Waals surface area (Å²) in [5.74, 6) is -0.859. The number of hydrogen-bond acceptors (Lipinski definition) is 4. The first-order valence-corrected chi connectivity index (χ1v) is 8.33. The molecule has 1 aromatic carbocycles. The van der Waals surface area contributed by atoms with Crippen molar-refractivity contribution in [2.75, 3.05) is 11.6 Å². The van der Waals surface area contributed by atoms with Crippen LogP contribution in [0.2, 0.25) is 0 Å². The lowest BCUT2D eigenvalue weighted by Gasteiger charge is -2.18. The molecule has 0 aliphatic rings. The summed E-state index contributed by atoms with van der Waals surface area (Å²) in [7, 11) is -3.24. The highest BCUT2D eigenvalue weighted by atomic mass is 32.2. The molecule has 0 radical (unpaired) electrons. The van der Waals surface area contributed by atoms with Crippen molar-refractivity contribution in [3.63, 3.8) is 0 Å². The van der Waals surface area contributed by atoms with Crippen molar-refractivity contribution < 1.29 is 13.2 Å². The number of hydrogen-bond donors (Lipinski definition) is 2. The van der Waals surface area contributed by atoms with Gasteiger partial charge in [0.15, 0.2) is 9.84 Å². The Morgan fingerprint density at radius 2 is 1.75 bits per heavy atom. The van der Waals surface area contributed by atoms with Crippen molar-refractivity contribution in [3.8, 4) is 0 Å². The Hall–Kier alpha value is -1.47. The molecule has 1 unspecified atom stereocenters. The third-order valence-electron chi connectivity index (χ3n) is 2.81. The average Bonchev–Trinajstić information content (AvgIpc) is 2.26. The topological polar surface area (TPSA) is 89.3 Å². The molecule has 0 aromatic heterocycles. The van der Waals surface area contributed by atoms with Crippen molar-refractivity contribution in [1.82, 2.24) is 0 Å². The number of carbonyl (C=O) groups is 1. The van der Waals surface area contributed by atoms with Gasteiger partial charge in [0, 0.05) is 11.9 Å². The van der Waals surface area contributed by atoms with Crippen LogP contribution in [0.4, 0.5) is 5.69 Å². The molecule has 0 heterocycles. The fourth-order valence-electron chi connectivity index (χ4n) is 1.77. The Bertz CT molecular complexity index is 607. The van der Waals surface area contributed by atoms with Crippen LogP contribution in [0.3, 0.4) is 0 Å². The number of rotatable bonds is 5. The molecule has 0 fully saturated rings. The molecule has 0 spiro atoms. The zero-order chi connectivity index (χ0) is 15.5. The van der Waals surface area contributed by atoms with Gasteiger partial charge in [-0.2, -0.15) is 0 Å². The predicted octanol–water partition coefficient (Wildman–Crippen LogP) is 1.59. The summed E-state index contributed by atoms with van der Waals surface area (Å²) < 4.78 is 22.7. The second-order valence-electron chi connectivity index (χ2n) is 4.91. The SMILES string of the molecule is CC(C)C(C(=O)Nc1ccc(S(C)(=O)=O)cc1)C(N)=S. The Morgan fingerprint density at radius 1 is 1.25 bits per heavy atom. The van der Waals surface area contributed by atoms with Gasteiger partial charge in [0.1, 0.15) is 0 Å². The summed E-state index contributed by atoms with van der Waals surface area (Å²) in [6, 6.07) is 5.95. The minimum absolute atomic E-state index is 0.0113. The number of nitrogens with two attached hydrogens (primary N) is 1. The molecule has 20 heavy (non-hydrogen) atoms. The van der Waals surface area contributed by atoms with Gasteiger partial charge in [-0.3, -0.25) is 4.79 Å². The van der Waals surface area contributed by atoms with Crippen LogP contribution in [-0.2, 0) is 14.6 Å². The second-order valence-corrected chi connectivity index (χ2v) is 7.40. The summed E-state index contributed by atoms with van der Waals surface area (Å²) in [5, 5.41) is 2.68. The summed E-state index contributed by atoms with van der Waals surface area (Å²) in [6.07, 6.45) is 1.13. The van der Waals surface area contributed by atoms with Crippen molar-refractivity contribution in [1.29, 1.82) is 0 Å². The third-order valence-corrected chi connectivity index (χ3v) is 4.19. The van der Waals surface area contributed by atoms with E-state index in [2.05, 4.69) is 5.32 Å². The molecule has 1 amide bonds. The van der Waals surface area contributed by atoms with Gasteiger partial charge < -0.3 is 11.1 Å². The van der Waals surface area contributed by atoms with Crippen molar-refractivity contribution >= 4 is 38.6 Å². The Kier molecular flexibility index (Phi) is 5.24. The van der Waals surface area contributed by atoms with Crippen LogP contribution in [-0.4, -0.2) is 25.6 Å². The van der Waals surface area contributed by atoms with Crippen molar-refractivity contribution in [2.24, 2.45) is 17.6 Å². The van der Waals surface area contributed by atoms with Gasteiger partial charge in [-0.15, -0.1) is 0 Å². The first-order valence-electron chi connectivity index (χ1n) is 6.03. The first-order chi connectivity index (χ1) is 9.12. The number of sulfone groups is 1. The molecule has 7 heteroatoms. The lowest BCUT2D eigenvalue weighted by atomic mass is 9.95. The summed E-state index contributed by atoms with van der Waals surface area (Å²) >= 11 is 4.89. The van der Waals surface area contributed by atoms with Crippen LogP contribution < -0.4 is 11.1 Å². The van der Waals surface area contributed by atoms with Crippen LogP contribution in [0.5, 0.6) is 0 Å². The second kappa shape index (κ2) is 6.32. The van der Waals surface area contributed by atoms with Gasteiger partial charge in [0.2, 0.25) is 5.91 Å². The third kappa shape index (κ3) is 4.28. The van der Waals surface area contributed by atoms with Crippen LogP contribution in [0, 0.1) is 11.8 Å². The minimum Gasteiger partial charge on any atom is -0.393 e. The maximum atomic E-state index is 12.1. The number of nitrogens with one attached hydrogen (secondary N) is 1. The molecule has 1 aromatic rings. The summed E-state index contributed by atoms with van der Waals surface area (Å²) in [4.78, 5) is 12.4. The molecule has 5 nitrogen and oxygen atoms in total. The quantitative estimate of drug-likeness (QED) is 0.806. The Balaban J connectivity index is 2.89. The number of amides is 1. The van der Waals surface area contributed by atoms with Crippen LogP contribution >= 0.6 is 12.2 Å². The zero-order valence-electron chi connectivity index (χ0n) is 11.6. The summed E-state index contributed by atoms with van der Waals surface area (Å²) in [6.45, 7) is 3.71. The fourth-order valence-corrected chi connectivity index (χ4v) is 2.78. The molecule has 0 aliphatic heterocycles. The molecule has 0 saturated heterocycles. The van der Waals surface area contributed by atoms with E-state index in [4.69, 9.17) is 18.0 Å². The molecular weight excluding hydrogens is 296 g/mol. The minimum atomic E-state index is -3.24. The van der Waals surface area contributed by atoms with E-state index < -0.39 is 15.8 Å². The molecule has 1 rings (SSSR count). The standard InChI is InChI=1S/C13H18N2O3S2/c1-8(2)11(12(14)19)13(16)15-9-4-6-10(7-5-9)20(3,17)18/h4-8,11H,1-3H3,(H2,14,19)(H,15,16). The summed E-state index contributed by atoms with van der Waals surface area (Å²) in [5.41, 5.74) is 6.07. The first kappa shape index (κ1) is 16.6. The molecule has 0 bridgehead atoms. The molecule has 0 saturated carbocycles. The smallest absolute Gasteiger partial charge is 0.234 e. The van der Waals surface area contributed by atoms with Gasteiger partial charge in [0.05, 0.1) is 15.8 Å². The maximum Gasteiger partial charge on any atom is 0.234 e. The van der Waals surface area contributed by atoms with Crippen molar-refractivity contribution in [3.05, 3.63) is 24.3 Å². The highest BCUT2D eigenvalue weighted by Crippen LogP contribution is 2.17. The van der Waals surface area contributed by atoms with Gasteiger partial charge in [-0.1, -0.05) is 26.1 Å². The normalized spacial score (nSPS) is 13.0. The maximum absolute atomic E-state index is 12.1. The van der Waals surface area contributed by atoms with E-state index in [1.54, 1.807) is 0 Å². The zero-order valence-corrected chi connectivity index (χ0v) is 13.2. The van der Waals surface area contributed by atoms with Gasteiger partial charge in [-0.25, -0.2) is 8.42 Å². The lowest BCUT2D eigenvalue weighted by Crippen LogP contribution is -2.36. The van der Waals surface area contributed by atoms with E-state index in [9.17, 15) is 13.2 Å². The van der Waals surface area contributed by atoms with E-state index in [1.807, 2.05) is 13.8 Å². The van der Waals surface area contributed by atoms with E-state index >= 15 is 0 Å². The van der Waals surface area contributed by atoms with Crippen LogP contribution in [0.25, 0.3) is 0 Å². The Morgan fingerprint density at radius 3 is 2.10 bits per heavy atom. The Labute approximate surface area is 124 Å². The predicted molar refractivity (Wildman–Crippen MR) is 83.3 cm³/mol. The van der Waals surface area contributed by atoms with E-state index in [0.29, 0.717) is 5.69 Å². The van der Waals surface area contributed by atoms with E-state index in [-0.39, 0.29) is 21.7 Å². The van der Waals surface area contributed by atoms with Gasteiger partial charge >= 0.3 is 0 Å². The van der Waals surface area contributed by atoms with Gasteiger partial charge in [0.25, 0.3) is 0 Å². The largest absolute Gasteiger partial charge is 0.393 e. The monoisotopic (exact) mass is 314 g/mol. The molecule has 110 valence electrons. The number of anilines is 1. The molecule has 0 aliphatic carbocycles. The van der Waals surface area contributed by atoms with Crippen molar-refractivity contribution in [2.45, 2.75) is 18.7 Å². The highest BCUT2D eigenvalue weighted by Gasteiger charge is 2.25. The van der Waals surface area contributed by atoms with Crippen LogP contribution in [0.1, 0.15) is 13.8 Å². The number of benzene rings is 1. The fraction of sp³-hybridized carbons (Fsp3) is 0.385. The van der Waals surface area contributed by atoms with E-state index in [1.165, 1.54) is 24.3 Å². The average molecular weight is 314 g/mol. The van der Waals surface area contributed by atoms with Crippen LogP contribution in [0.15, 0.2) is 29.2 Å². The van der Waals surface area contributed by atoms with Gasteiger partial charge in [-0.05, 0) is 30.2 Å². The number of thiocarbonyl (C=S) groups is 1. The highest BCUT2D eigenvalue weighted by molar-refractivity contribution is 7.90. The number of carbonyl (C=O) groups excluding carboxylic acids is 1. The molecule has 3 N–H and O–H groups in total. The lowest BCUT2D eigenvalue weighted by molar-refractivity contribution is -0.118. The van der Waals surface area contributed by atoms with E-state index in [0.717, 1.165) is 6.26 Å².